The van der Waals surface area contributed by atoms with Crippen molar-refractivity contribution in [3.8, 4) is 0 Å². The zero-order valence-electron chi connectivity index (χ0n) is 10.3. The summed E-state index contributed by atoms with van der Waals surface area (Å²) >= 11 is 3.29. The highest BCUT2D eigenvalue weighted by molar-refractivity contribution is 9.10. The minimum absolute atomic E-state index is 0.0151. The number of hydrogen-bond acceptors (Lipinski definition) is 5. The molecule has 1 aromatic heterocycles. The summed E-state index contributed by atoms with van der Waals surface area (Å²) in [6.45, 7) is 0.252. The zero-order valence-corrected chi connectivity index (χ0v) is 11.9. The number of aliphatic hydroxyl groups excluding tert-OH is 1. The highest BCUT2D eigenvalue weighted by Crippen LogP contribution is 2.33. The zero-order chi connectivity index (χ0) is 13.4. The van der Waals surface area contributed by atoms with Crippen molar-refractivity contribution in [2.24, 2.45) is 0 Å². The standard InChI is InChI=1S/C12H15BrN4O2/c13-9-5-14-11-12(16-9)17(10(19)6-15-11)7-1-3-8(18)4-2-7/h5,7-8,18H,1-4,6H2,(H,14,15)/t7-,8-. The van der Waals surface area contributed by atoms with E-state index in [9.17, 15) is 9.90 Å². The molecule has 2 aliphatic rings. The molecule has 19 heavy (non-hydrogen) atoms. The predicted molar refractivity (Wildman–Crippen MR) is 74.0 cm³/mol. The summed E-state index contributed by atoms with van der Waals surface area (Å²) in [6.07, 6.45) is 4.46. The molecule has 0 unspecified atom stereocenters. The van der Waals surface area contributed by atoms with Gasteiger partial charge in [0.25, 0.3) is 0 Å². The Morgan fingerprint density at radius 1 is 1.37 bits per heavy atom. The lowest BCUT2D eigenvalue weighted by Crippen LogP contribution is -2.49. The van der Waals surface area contributed by atoms with Crippen LogP contribution in [0.4, 0.5) is 11.6 Å². The molecule has 1 saturated carbocycles. The molecule has 3 rings (SSSR count). The fourth-order valence-corrected chi connectivity index (χ4v) is 2.98. The van der Waals surface area contributed by atoms with Gasteiger partial charge in [-0.3, -0.25) is 9.69 Å². The molecule has 0 bridgehead atoms. The number of aliphatic hydroxyl groups is 1. The quantitative estimate of drug-likeness (QED) is 0.813. The van der Waals surface area contributed by atoms with Gasteiger partial charge >= 0.3 is 0 Å². The normalized spacial score (nSPS) is 26.8. The van der Waals surface area contributed by atoms with E-state index >= 15 is 0 Å². The Morgan fingerprint density at radius 2 is 2.11 bits per heavy atom. The first-order chi connectivity index (χ1) is 9.15. The molecule has 2 N–H and O–H groups in total. The van der Waals surface area contributed by atoms with Crippen molar-refractivity contribution in [3.63, 3.8) is 0 Å². The number of nitrogens with one attached hydrogen (secondary N) is 1. The summed E-state index contributed by atoms with van der Waals surface area (Å²) in [4.78, 5) is 22.5. The molecule has 0 spiro atoms. The van der Waals surface area contributed by atoms with E-state index in [1.165, 1.54) is 0 Å². The Balaban J connectivity index is 1.92. The van der Waals surface area contributed by atoms with Crippen molar-refractivity contribution in [2.45, 2.75) is 37.8 Å². The molecule has 1 aromatic rings. The number of carbonyl (C=O) groups excluding carboxylic acids is 1. The maximum absolute atomic E-state index is 12.2. The van der Waals surface area contributed by atoms with Gasteiger partial charge in [0.05, 0.1) is 18.8 Å². The highest BCUT2D eigenvalue weighted by atomic mass is 79.9. The van der Waals surface area contributed by atoms with Gasteiger partial charge in [-0.1, -0.05) is 0 Å². The van der Waals surface area contributed by atoms with Crippen LogP contribution in [-0.4, -0.2) is 39.7 Å². The molecule has 0 aromatic carbocycles. The van der Waals surface area contributed by atoms with Gasteiger partial charge in [0.15, 0.2) is 11.6 Å². The lowest BCUT2D eigenvalue weighted by molar-refractivity contribution is -0.118. The smallest absolute Gasteiger partial charge is 0.247 e. The van der Waals surface area contributed by atoms with Crippen LogP contribution in [0, 0.1) is 0 Å². The fourth-order valence-electron chi connectivity index (χ4n) is 2.71. The maximum atomic E-state index is 12.2. The molecular formula is C12H15BrN4O2. The van der Waals surface area contributed by atoms with Crippen LogP contribution in [-0.2, 0) is 4.79 Å². The van der Waals surface area contributed by atoms with E-state index < -0.39 is 0 Å². The van der Waals surface area contributed by atoms with Gasteiger partial charge in [0.2, 0.25) is 5.91 Å². The first-order valence-electron chi connectivity index (χ1n) is 6.41. The average molecular weight is 327 g/mol. The number of carbonyl (C=O) groups is 1. The molecule has 1 amide bonds. The predicted octanol–water partition coefficient (Wildman–Crippen LogP) is 1.30. The van der Waals surface area contributed by atoms with Gasteiger partial charge in [-0.25, -0.2) is 9.97 Å². The highest BCUT2D eigenvalue weighted by Gasteiger charge is 2.34. The summed E-state index contributed by atoms with van der Waals surface area (Å²) in [7, 11) is 0. The summed E-state index contributed by atoms with van der Waals surface area (Å²) < 4.78 is 0.614. The number of amides is 1. The monoisotopic (exact) mass is 326 g/mol. The molecule has 6 nitrogen and oxygen atoms in total. The Labute approximate surface area is 119 Å². The number of nitrogens with zero attached hydrogens (tertiary/aromatic N) is 3. The van der Waals surface area contributed by atoms with E-state index in [2.05, 4.69) is 31.2 Å². The third-order valence-corrected chi connectivity index (χ3v) is 4.04. The van der Waals surface area contributed by atoms with Gasteiger partial charge < -0.3 is 10.4 Å². The largest absolute Gasteiger partial charge is 0.393 e. The van der Waals surface area contributed by atoms with E-state index in [0.29, 0.717) is 16.2 Å². The lowest BCUT2D eigenvalue weighted by Gasteiger charge is -2.37. The summed E-state index contributed by atoms with van der Waals surface area (Å²) in [6, 6.07) is 0.111. The number of fused-ring (bicyclic) bond motifs is 1. The van der Waals surface area contributed by atoms with Gasteiger partial charge in [-0.2, -0.15) is 0 Å². The van der Waals surface area contributed by atoms with Crippen LogP contribution < -0.4 is 10.2 Å². The second-order valence-corrected chi connectivity index (χ2v) is 5.76. The SMILES string of the molecule is O=C1CNc2ncc(Br)nc2N1[C@H]1CC[C@H](O)CC1. The molecule has 1 aliphatic heterocycles. The van der Waals surface area contributed by atoms with Gasteiger partial charge in [0.1, 0.15) is 4.60 Å². The molecule has 2 heterocycles. The van der Waals surface area contributed by atoms with Gasteiger partial charge in [-0.05, 0) is 41.6 Å². The summed E-state index contributed by atoms with van der Waals surface area (Å²) in [5, 5.41) is 12.6. The molecule has 0 atom stereocenters. The van der Waals surface area contributed by atoms with E-state index in [4.69, 9.17) is 0 Å². The van der Waals surface area contributed by atoms with Crippen molar-refractivity contribution in [2.75, 3.05) is 16.8 Å². The minimum Gasteiger partial charge on any atom is -0.393 e. The van der Waals surface area contributed by atoms with Crippen molar-refractivity contribution in [1.29, 1.82) is 0 Å². The second-order valence-electron chi connectivity index (χ2n) is 4.94. The van der Waals surface area contributed by atoms with Crippen LogP contribution in [0.5, 0.6) is 0 Å². The third-order valence-electron chi connectivity index (χ3n) is 3.66. The number of halogens is 1. The van der Waals surface area contributed by atoms with Crippen LogP contribution in [0.2, 0.25) is 0 Å². The van der Waals surface area contributed by atoms with Crippen molar-refractivity contribution < 1.29 is 9.90 Å². The fraction of sp³-hybridized carbons (Fsp3) is 0.583. The van der Waals surface area contributed by atoms with Crippen molar-refractivity contribution in [1.82, 2.24) is 9.97 Å². The second kappa shape index (κ2) is 5.05. The van der Waals surface area contributed by atoms with E-state index in [1.54, 1.807) is 11.1 Å². The maximum Gasteiger partial charge on any atom is 0.247 e. The van der Waals surface area contributed by atoms with E-state index in [0.717, 1.165) is 25.7 Å². The van der Waals surface area contributed by atoms with Crippen LogP contribution in [0.25, 0.3) is 0 Å². The lowest BCUT2D eigenvalue weighted by atomic mass is 9.91. The number of aromatic nitrogens is 2. The van der Waals surface area contributed by atoms with Gasteiger partial charge in [-0.15, -0.1) is 0 Å². The van der Waals surface area contributed by atoms with Crippen LogP contribution in [0.15, 0.2) is 10.8 Å². The Kier molecular flexibility index (Phi) is 3.40. The topological polar surface area (TPSA) is 78.4 Å². The van der Waals surface area contributed by atoms with Crippen LogP contribution in [0.3, 0.4) is 0 Å². The van der Waals surface area contributed by atoms with E-state index in [-0.39, 0.29) is 24.6 Å². The molecule has 0 saturated heterocycles. The minimum atomic E-state index is -0.234. The van der Waals surface area contributed by atoms with Crippen molar-refractivity contribution >= 4 is 33.5 Å². The average Bonchev–Trinajstić information content (AvgIpc) is 2.40. The first-order valence-corrected chi connectivity index (χ1v) is 7.21. The molecular weight excluding hydrogens is 312 g/mol. The number of anilines is 2. The third kappa shape index (κ3) is 2.44. The Morgan fingerprint density at radius 3 is 2.84 bits per heavy atom. The van der Waals surface area contributed by atoms with Crippen molar-refractivity contribution in [3.05, 3.63) is 10.8 Å². The van der Waals surface area contributed by atoms with Gasteiger partial charge in [0, 0.05) is 6.04 Å². The Hall–Kier alpha value is -1.21. The van der Waals surface area contributed by atoms with Crippen LogP contribution in [0.1, 0.15) is 25.7 Å². The molecule has 1 aliphatic carbocycles. The molecule has 0 radical (unpaired) electrons. The first kappa shape index (κ1) is 12.8. The number of rotatable bonds is 1. The molecule has 7 heteroatoms. The summed E-state index contributed by atoms with van der Waals surface area (Å²) in [5.74, 6) is 1.25. The van der Waals surface area contributed by atoms with E-state index in [1.807, 2.05) is 0 Å². The molecule has 1 fully saturated rings. The number of hydrogen-bond donors (Lipinski definition) is 2. The van der Waals surface area contributed by atoms with Crippen LogP contribution >= 0.6 is 15.9 Å². The molecule has 102 valence electrons. The summed E-state index contributed by atoms with van der Waals surface area (Å²) in [5.41, 5.74) is 0. The Bertz CT molecular complexity index is 503.